The predicted molar refractivity (Wildman–Crippen MR) is 91.5 cm³/mol. The van der Waals surface area contributed by atoms with Gasteiger partial charge in [0.25, 0.3) is 0 Å². The minimum absolute atomic E-state index is 0.108. The van der Waals surface area contributed by atoms with E-state index in [1.807, 2.05) is 11.0 Å². The molecule has 0 spiro atoms. The topological polar surface area (TPSA) is 52.7 Å². The van der Waals surface area contributed by atoms with Gasteiger partial charge in [0.15, 0.2) is 0 Å². The molecule has 1 aromatic rings. The molecule has 1 aromatic carbocycles. The molecule has 0 bridgehead atoms. The van der Waals surface area contributed by atoms with Gasteiger partial charge in [-0.3, -0.25) is 4.79 Å². The van der Waals surface area contributed by atoms with Crippen LogP contribution in [-0.4, -0.2) is 47.9 Å². The van der Waals surface area contributed by atoms with Crippen molar-refractivity contribution in [2.75, 3.05) is 26.2 Å². The van der Waals surface area contributed by atoms with Crippen LogP contribution >= 0.6 is 0 Å². The molecule has 6 heteroatoms. The van der Waals surface area contributed by atoms with E-state index in [0.717, 1.165) is 43.4 Å². The van der Waals surface area contributed by atoms with Crippen molar-refractivity contribution in [1.82, 2.24) is 15.1 Å². The van der Waals surface area contributed by atoms with Gasteiger partial charge in [-0.15, -0.1) is 0 Å². The first kappa shape index (κ1) is 16.4. The zero-order chi connectivity index (χ0) is 17.4. The Hall–Kier alpha value is -2.11. The van der Waals surface area contributed by atoms with Crippen LogP contribution in [0.1, 0.15) is 42.9 Å². The monoisotopic (exact) mass is 345 g/mol. The molecule has 1 saturated carbocycles. The van der Waals surface area contributed by atoms with Crippen molar-refractivity contribution in [1.29, 1.82) is 0 Å². The molecule has 0 radical (unpaired) electrons. The standard InChI is InChI=1S/C19H24FN3O2/c20-16-4-1-3-15-14(16)7-8-17(15)21-19(25)23-10-2-9-22(11-12-23)18(24)13-5-6-13/h1,3-4,13,17H,2,5-12H2,(H,21,25)/t17-/m1/s1. The van der Waals surface area contributed by atoms with Gasteiger partial charge < -0.3 is 15.1 Å². The maximum atomic E-state index is 13.8. The maximum Gasteiger partial charge on any atom is 0.317 e. The molecule has 1 saturated heterocycles. The molecule has 2 aliphatic carbocycles. The smallest absolute Gasteiger partial charge is 0.317 e. The third-order valence-corrected chi connectivity index (χ3v) is 5.53. The lowest BCUT2D eigenvalue weighted by molar-refractivity contribution is -0.132. The van der Waals surface area contributed by atoms with Gasteiger partial charge in [-0.05, 0) is 49.3 Å². The summed E-state index contributed by atoms with van der Waals surface area (Å²) in [4.78, 5) is 28.5. The summed E-state index contributed by atoms with van der Waals surface area (Å²) in [6, 6.07) is 4.85. The first-order valence-electron chi connectivity index (χ1n) is 9.25. The molecule has 3 aliphatic rings. The second-order valence-corrected chi connectivity index (χ2v) is 7.29. The fourth-order valence-electron chi connectivity index (χ4n) is 3.93. The number of rotatable bonds is 2. The van der Waals surface area contributed by atoms with Crippen LogP contribution in [0.4, 0.5) is 9.18 Å². The van der Waals surface area contributed by atoms with Crippen LogP contribution in [0.15, 0.2) is 18.2 Å². The summed E-state index contributed by atoms with van der Waals surface area (Å²) in [5.74, 6) is 0.297. The zero-order valence-electron chi connectivity index (χ0n) is 14.3. The minimum atomic E-state index is -0.182. The van der Waals surface area contributed by atoms with Crippen LogP contribution in [0.3, 0.4) is 0 Å². The number of benzene rings is 1. The Bertz CT molecular complexity index is 689. The van der Waals surface area contributed by atoms with Crippen LogP contribution in [0.25, 0.3) is 0 Å². The SMILES string of the molecule is O=C(N[C@@H]1CCc2c(F)cccc21)N1CCCN(C(=O)C2CC2)CC1. The van der Waals surface area contributed by atoms with E-state index in [-0.39, 0.29) is 29.7 Å². The summed E-state index contributed by atoms with van der Waals surface area (Å²) in [7, 11) is 0. The van der Waals surface area contributed by atoms with Crippen LogP contribution in [0.5, 0.6) is 0 Å². The van der Waals surface area contributed by atoms with Crippen LogP contribution in [0, 0.1) is 11.7 Å². The first-order chi connectivity index (χ1) is 12.1. The Kier molecular flexibility index (Phi) is 4.36. The third kappa shape index (κ3) is 3.34. The van der Waals surface area contributed by atoms with E-state index in [1.54, 1.807) is 11.0 Å². The van der Waals surface area contributed by atoms with E-state index in [0.29, 0.717) is 26.1 Å². The molecule has 1 aliphatic heterocycles. The first-order valence-corrected chi connectivity index (χ1v) is 9.25. The molecule has 1 atom stereocenters. The van der Waals surface area contributed by atoms with Crippen molar-refractivity contribution in [3.63, 3.8) is 0 Å². The van der Waals surface area contributed by atoms with E-state index in [4.69, 9.17) is 0 Å². The Labute approximate surface area is 147 Å². The molecule has 0 aromatic heterocycles. The summed E-state index contributed by atoms with van der Waals surface area (Å²) in [6.07, 6.45) is 4.23. The van der Waals surface area contributed by atoms with Crippen LogP contribution < -0.4 is 5.32 Å². The van der Waals surface area contributed by atoms with E-state index < -0.39 is 0 Å². The Morgan fingerprint density at radius 2 is 1.80 bits per heavy atom. The van der Waals surface area contributed by atoms with Crippen LogP contribution in [0.2, 0.25) is 0 Å². The largest absolute Gasteiger partial charge is 0.341 e. The normalized spacial score (nSPS) is 23.2. The van der Waals surface area contributed by atoms with Gasteiger partial charge in [-0.2, -0.15) is 0 Å². The quantitative estimate of drug-likeness (QED) is 0.895. The molecular formula is C19H24FN3O2. The number of halogens is 1. The number of hydrogen-bond donors (Lipinski definition) is 1. The molecule has 2 fully saturated rings. The average Bonchev–Trinajstić information content (AvgIpc) is 3.41. The van der Waals surface area contributed by atoms with Crippen molar-refractivity contribution < 1.29 is 14.0 Å². The van der Waals surface area contributed by atoms with Gasteiger partial charge in [-0.25, -0.2) is 9.18 Å². The van der Waals surface area contributed by atoms with E-state index in [9.17, 15) is 14.0 Å². The Balaban J connectivity index is 1.36. The highest BCUT2D eigenvalue weighted by Crippen LogP contribution is 2.33. The van der Waals surface area contributed by atoms with Crippen molar-refractivity contribution in [3.8, 4) is 0 Å². The predicted octanol–water partition coefficient (Wildman–Crippen LogP) is 2.47. The number of fused-ring (bicyclic) bond motifs is 1. The molecule has 25 heavy (non-hydrogen) atoms. The number of carbonyl (C=O) groups is 2. The van der Waals surface area contributed by atoms with Crippen molar-refractivity contribution >= 4 is 11.9 Å². The summed E-state index contributed by atoms with van der Waals surface area (Å²) in [5.41, 5.74) is 1.62. The lowest BCUT2D eigenvalue weighted by Crippen LogP contribution is -2.43. The second kappa shape index (κ2) is 6.65. The molecule has 5 nitrogen and oxygen atoms in total. The highest BCUT2D eigenvalue weighted by molar-refractivity contribution is 5.81. The number of amides is 3. The highest BCUT2D eigenvalue weighted by atomic mass is 19.1. The lowest BCUT2D eigenvalue weighted by atomic mass is 10.1. The number of hydrogen-bond acceptors (Lipinski definition) is 2. The van der Waals surface area contributed by atoms with Gasteiger partial charge in [0.2, 0.25) is 5.91 Å². The van der Waals surface area contributed by atoms with Gasteiger partial charge in [0, 0.05) is 32.1 Å². The van der Waals surface area contributed by atoms with Gasteiger partial charge >= 0.3 is 6.03 Å². The molecule has 1 heterocycles. The third-order valence-electron chi connectivity index (χ3n) is 5.53. The Morgan fingerprint density at radius 3 is 2.60 bits per heavy atom. The molecule has 4 rings (SSSR count). The molecular weight excluding hydrogens is 321 g/mol. The number of nitrogens with one attached hydrogen (secondary N) is 1. The van der Waals surface area contributed by atoms with Gasteiger partial charge in [0.05, 0.1) is 6.04 Å². The lowest BCUT2D eigenvalue weighted by Gasteiger charge is -2.24. The number of urea groups is 1. The minimum Gasteiger partial charge on any atom is -0.341 e. The van der Waals surface area contributed by atoms with E-state index in [2.05, 4.69) is 5.32 Å². The highest BCUT2D eigenvalue weighted by Gasteiger charge is 2.34. The molecule has 3 amide bonds. The van der Waals surface area contributed by atoms with E-state index in [1.165, 1.54) is 6.07 Å². The van der Waals surface area contributed by atoms with Gasteiger partial charge in [-0.1, -0.05) is 12.1 Å². The van der Waals surface area contributed by atoms with Crippen molar-refractivity contribution in [2.45, 2.75) is 38.1 Å². The summed E-state index contributed by atoms with van der Waals surface area (Å²) in [6.45, 7) is 2.56. The fraction of sp³-hybridized carbons (Fsp3) is 0.579. The maximum absolute atomic E-state index is 13.8. The molecule has 134 valence electrons. The van der Waals surface area contributed by atoms with Gasteiger partial charge in [0.1, 0.15) is 5.82 Å². The average molecular weight is 345 g/mol. The number of nitrogens with zero attached hydrogens (tertiary/aromatic N) is 2. The second-order valence-electron chi connectivity index (χ2n) is 7.29. The van der Waals surface area contributed by atoms with Crippen molar-refractivity contribution in [2.24, 2.45) is 5.92 Å². The van der Waals surface area contributed by atoms with E-state index >= 15 is 0 Å². The summed E-state index contributed by atoms with van der Waals surface area (Å²) in [5, 5.41) is 3.06. The molecule has 0 unspecified atom stereocenters. The zero-order valence-corrected chi connectivity index (χ0v) is 14.3. The van der Waals surface area contributed by atoms with Crippen LogP contribution in [-0.2, 0) is 11.2 Å². The summed E-state index contributed by atoms with van der Waals surface area (Å²) >= 11 is 0. The molecule has 1 N–H and O–H groups in total. The Morgan fingerprint density at radius 1 is 1.04 bits per heavy atom. The number of carbonyl (C=O) groups excluding carboxylic acids is 2. The summed E-state index contributed by atoms with van der Waals surface area (Å²) < 4.78 is 13.8. The fourth-order valence-corrected chi connectivity index (χ4v) is 3.93. The van der Waals surface area contributed by atoms with Crippen molar-refractivity contribution in [3.05, 3.63) is 35.1 Å².